The molecule has 0 radical (unpaired) electrons. The zero-order chi connectivity index (χ0) is 17.0. The summed E-state index contributed by atoms with van der Waals surface area (Å²) >= 11 is 0. The van der Waals surface area contributed by atoms with Crippen molar-refractivity contribution in [3.8, 4) is 0 Å². The van der Waals surface area contributed by atoms with E-state index in [1.165, 1.54) is 6.20 Å². The van der Waals surface area contributed by atoms with Crippen LogP contribution >= 0.6 is 0 Å². The van der Waals surface area contributed by atoms with E-state index < -0.39 is 10.0 Å². The second kappa shape index (κ2) is 7.19. The lowest BCUT2D eigenvalue weighted by atomic mass is 10.2. The highest BCUT2D eigenvalue weighted by atomic mass is 32.2. The lowest BCUT2D eigenvalue weighted by molar-refractivity contribution is 0.0940. The van der Waals surface area contributed by atoms with E-state index in [1.54, 1.807) is 17.0 Å². The molecular formula is C17H21N3O3S. The van der Waals surface area contributed by atoms with Crippen LogP contribution in [0.25, 0.3) is 6.08 Å². The number of hydrogen-bond donors (Lipinski definition) is 1. The fraction of sp³-hybridized carbons (Fsp3) is 0.353. The Morgan fingerprint density at radius 2 is 2.17 bits per heavy atom. The van der Waals surface area contributed by atoms with Gasteiger partial charge in [-0.05, 0) is 31.4 Å². The van der Waals surface area contributed by atoms with Crippen molar-refractivity contribution in [2.45, 2.75) is 32.4 Å². The topological polar surface area (TPSA) is 73.2 Å². The number of nitrogens with zero attached hydrogens (tertiary/aromatic N) is 2. The number of ether oxygens (including phenoxy) is 1. The Morgan fingerprint density at radius 1 is 1.38 bits per heavy atom. The molecule has 1 atom stereocenters. The molecular weight excluding hydrogens is 326 g/mol. The molecule has 1 saturated heterocycles. The number of aromatic nitrogens is 2. The van der Waals surface area contributed by atoms with Crippen molar-refractivity contribution in [2.75, 3.05) is 11.3 Å². The number of aryl methyl sites for hydroxylation is 1. The minimum atomic E-state index is -3.57. The Kier molecular flexibility index (Phi) is 5.01. The Labute approximate surface area is 142 Å². The number of hydrogen-bond acceptors (Lipinski definition) is 4. The van der Waals surface area contributed by atoms with Gasteiger partial charge in [-0.25, -0.2) is 8.42 Å². The van der Waals surface area contributed by atoms with Gasteiger partial charge in [0.05, 0.1) is 29.9 Å². The first-order valence-corrected chi connectivity index (χ1v) is 9.46. The highest BCUT2D eigenvalue weighted by Gasteiger charge is 2.16. The van der Waals surface area contributed by atoms with Crippen LogP contribution in [0.3, 0.4) is 0 Å². The highest BCUT2D eigenvalue weighted by Crippen LogP contribution is 2.16. The lowest BCUT2D eigenvalue weighted by Crippen LogP contribution is -2.15. The van der Waals surface area contributed by atoms with E-state index in [-0.39, 0.29) is 6.10 Å². The third kappa shape index (κ3) is 4.69. The van der Waals surface area contributed by atoms with Gasteiger partial charge < -0.3 is 4.74 Å². The van der Waals surface area contributed by atoms with Crippen molar-refractivity contribution in [3.63, 3.8) is 0 Å². The maximum atomic E-state index is 12.1. The molecule has 1 aromatic heterocycles. The molecule has 2 heterocycles. The van der Waals surface area contributed by atoms with Gasteiger partial charge in [0.1, 0.15) is 0 Å². The van der Waals surface area contributed by atoms with Gasteiger partial charge in [-0.2, -0.15) is 5.10 Å². The van der Waals surface area contributed by atoms with Crippen LogP contribution < -0.4 is 4.72 Å². The molecule has 2 aromatic rings. The fourth-order valence-corrected chi connectivity index (χ4v) is 3.40. The van der Waals surface area contributed by atoms with Crippen LogP contribution in [0.15, 0.2) is 42.1 Å². The van der Waals surface area contributed by atoms with Gasteiger partial charge >= 0.3 is 0 Å². The van der Waals surface area contributed by atoms with Crippen LogP contribution in [0.4, 0.5) is 5.69 Å². The van der Waals surface area contributed by atoms with Crippen molar-refractivity contribution in [1.29, 1.82) is 0 Å². The van der Waals surface area contributed by atoms with E-state index >= 15 is 0 Å². The van der Waals surface area contributed by atoms with E-state index in [9.17, 15) is 8.42 Å². The van der Waals surface area contributed by atoms with Crippen LogP contribution in [0, 0.1) is 6.92 Å². The summed E-state index contributed by atoms with van der Waals surface area (Å²) in [4.78, 5) is 0. The minimum Gasteiger partial charge on any atom is -0.376 e. The quantitative estimate of drug-likeness (QED) is 0.872. The summed E-state index contributed by atoms with van der Waals surface area (Å²) in [5, 5.41) is 5.34. The van der Waals surface area contributed by atoms with Gasteiger partial charge in [-0.3, -0.25) is 9.40 Å². The molecule has 0 saturated carbocycles. The fourth-order valence-electron chi connectivity index (χ4n) is 2.56. The van der Waals surface area contributed by atoms with Crippen LogP contribution in [-0.4, -0.2) is 30.9 Å². The standard InChI is InChI=1S/C17H21N3O3S/c1-14-4-6-15(7-5-14)8-10-24(21,22)19-16-11-18-20(12-16)13-17-3-2-9-23-17/h4-8,10-12,17,19H,2-3,9,13H2,1H3. The van der Waals surface area contributed by atoms with Crippen LogP contribution in [0.1, 0.15) is 24.0 Å². The van der Waals surface area contributed by atoms with Crippen molar-refractivity contribution in [1.82, 2.24) is 9.78 Å². The highest BCUT2D eigenvalue weighted by molar-refractivity contribution is 7.95. The third-order valence-electron chi connectivity index (χ3n) is 3.83. The smallest absolute Gasteiger partial charge is 0.255 e. The minimum absolute atomic E-state index is 0.163. The Hall–Kier alpha value is -2.12. The van der Waals surface area contributed by atoms with Crippen molar-refractivity contribution in [2.24, 2.45) is 0 Å². The van der Waals surface area contributed by atoms with Crippen molar-refractivity contribution in [3.05, 3.63) is 53.2 Å². The maximum absolute atomic E-state index is 12.1. The largest absolute Gasteiger partial charge is 0.376 e. The van der Waals surface area contributed by atoms with Crippen molar-refractivity contribution >= 4 is 21.8 Å². The Balaban J connectivity index is 1.61. The molecule has 24 heavy (non-hydrogen) atoms. The zero-order valence-electron chi connectivity index (χ0n) is 13.6. The molecule has 1 aromatic carbocycles. The van der Waals surface area contributed by atoms with Gasteiger partial charge in [0.15, 0.2) is 0 Å². The summed E-state index contributed by atoms with van der Waals surface area (Å²) < 4.78 is 34.0. The summed E-state index contributed by atoms with van der Waals surface area (Å²) in [5.41, 5.74) is 2.41. The molecule has 6 nitrogen and oxygen atoms in total. The average molecular weight is 347 g/mol. The summed E-state index contributed by atoms with van der Waals surface area (Å²) in [5.74, 6) is 0. The van der Waals surface area contributed by atoms with Crippen LogP contribution in [0.5, 0.6) is 0 Å². The predicted molar refractivity (Wildman–Crippen MR) is 94.0 cm³/mol. The van der Waals surface area contributed by atoms with E-state index in [0.717, 1.165) is 36.0 Å². The summed E-state index contributed by atoms with van der Waals surface area (Å²) in [6.45, 7) is 3.41. The molecule has 128 valence electrons. The molecule has 3 rings (SSSR count). The second-order valence-corrected chi connectivity index (χ2v) is 7.51. The van der Waals surface area contributed by atoms with Gasteiger partial charge in [0.25, 0.3) is 10.0 Å². The molecule has 0 bridgehead atoms. The molecule has 1 fully saturated rings. The summed E-state index contributed by atoms with van der Waals surface area (Å²) in [6, 6.07) is 7.63. The number of rotatable bonds is 6. The molecule has 1 aliphatic heterocycles. The molecule has 1 unspecified atom stereocenters. The van der Waals surface area contributed by atoms with Gasteiger partial charge in [0.2, 0.25) is 0 Å². The van der Waals surface area contributed by atoms with Gasteiger partial charge in [-0.15, -0.1) is 0 Å². The molecule has 0 amide bonds. The first kappa shape index (κ1) is 16.7. The second-order valence-electron chi connectivity index (χ2n) is 5.95. The third-order valence-corrected chi connectivity index (χ3v) is 4.84. The molecule has 0 spiro atoms. The summed E-state index contributed by atoms with van der Waals surface area (Å²) in [6.07, 6.45) is 7.00. The lowest BCUT2D eigenvalue weighted by Gasteiger charge is -2.08. The number of nitrogens with one attached hydrogen (secondary N) is 1. The normalized spacial score (nSPS) is 18.3. The summed E-state index contributed by atoms with van der Waals surface area (Å²) in [7, 11) is -3.57. The maximum Gasteiger partial charge on any atom is 0.255 e. The monoisotopic (exact) mass is 347 g/mol. The molecule has 1 N–H and O–H groups in total. The molecule has 1 aliphatic rings. The van der Waals surface area contributed by atoms with Crippen LogP contribution in [-0.2, 0) is 21.3 Å². The van der Waals surface area contributed by atoms with E-state index in [2.05, 4.69) is 9.82 Å². The predicted octanol–water partition coefficient (Wildman–Crippen LogP) is 2.78. The average Bonchev–Trinajstić information content (AvgIpc) is 3.19. The number of sulfonamides is 1. The van der Waals surface area contributed by atoms with E-state index in [0.29, 0.717) is 12.2 Å². The first-order chi connectivity index (χ1) is 11.5. The SMILES string of the molecule is Cc1ccc(C=CS(=O)(=O)Nc2cnn(CC3CCCO3)c2)cc1. The molecule has 0 aliphatic carbocycles. The van der Waals surface area contributed by atoms with E-state index in [4.69, 9.17) is 4.74 Å². The van der Waals surface area contributed by atoms with Crippen LogP contribution in [0.2, 0.25) is 0 Å². The Morgan fingerprint density at radius 3 is 2.88 bits per heavy atom. The first-order valence-electron chi connectivity index (χ1n) is 7.92. The van der Waals surface area contributed by atoms with Gasteiger partial charge in [0, 0.05) is 12.8 Å². The number of anilines is 1. The van der Waals surface area contributed by atoms with E-state index in [1.807, 2.05) is 31.2 Å². The Bertz CT molecular complexity index is 804. The molecule has 7 heteroatoms. The zero-order valence-corrected chi connectivity index (χ0v) is 14.4. The van der Waals surface area contributed by atoms with Crippen molar-refractivity contribution < 1.29 is 13.2 Å². The number of benzene rings is 1. The van der Waals surface area contributed by atoms with Gasteiger partial charge in [-0.1, -0.05) is 29.8 Å².